The first-order chi connectivity index (χ1) is 7.33. The third kappa shape index (κ3) is 5.78. The molecule has 0 saturated heterocycles. The van der Waals surface area contributed by atoms with Crippen LogP contribution in [0.25, 0.3) is 0 Å². The van der Waals surface area contributed by atoms with Gasteiger partial charge in [-0.05, 0) is 31.7 Å². The Morgan fingerprint density at radius 2 is 2.07 bits per heavy atom. The normalized spacial score (nSPS) is 16.1. The van der Waals surface area contributed by atoms with Gasteiger partial charge in [0.15, 0.2) is 0 Å². The van der Waals surface area contributed by atoms with Gasteiger partial charge in [-0.3, -0.25) is 4.79 Å². The van der Waals surface area contributed by atoms with Crippen molar-refractivity contribution in [2.45, 2.75) is 51.4 Å². The summed E-state index contributed by atoms with van der Waals surface area (Å²) < 4.78 is 5.16. The van der Waals surface area contributed by atoms with E-state index in [-0.39, 0.29) is 5.97 Å². The third-order valence-corrected chi connectivity index (χ3v) is 3.10. The Kier molecular flexibility index (Phi) is 6.41. The first-order valence-corrected chi connectivity index (χ1v) is 6.18. The van der Waals surface area contributed by atoms with Crippen LogP contribution in [0.3, 0.4) is 0 Å². The van der Waals surface area contributed by atoms with Crippen LogP contribution in [0.2, 0.25) is 0 Å². The van der Waals surface area contributed by atoms with Gasteiger partial charge in [0, 0.05) is 6.42 Å². The summed E-state index contributed by atoms with van der Waals surface area (Å²) in [5.74, 6) is 0.793. The van der Waals surface area contributed by atoms with Crippen molar-refractivity contribution in [3.63, 3.8) is 0 Å². The number of esters is 1. The van der Waals surface area contributed by atoms with Crippen LogP contribution >= 0.6 is 0 Å². The molecule has 0 atom stereocenters. The monoisotopic (exact) mass is 213 g/mol. The molecule has 0 aromatic rings. The number of nitrogens with two attached hydrogens (primary N) is 1. The van der Waals surface area contributed by atoms with E-state index in [1.807, 2.05) is 0 Å². The quantitative estimate of drug-likeness (QED) is 0.497. The third-order valence-electron chi connectivity index (χ3n) is 3.10. The van der Waals surface area contributed by atoms with Crippen molar-refractivity contribution in [1.82, 2.24) is 0 Å². The number of ether oxygens (including phenoxy) is 1. The highest BCUT2D eigenvalue weighted by Crippen LogP contribution is 2.29. The molecule has 1 rings (SSSR count). The number of carbonyl (C=O) groups excluding carboxylic acids is 1. The molecular weight excluding hydrogens is 190 g/mol. The minimum Gasteiger partial charge on any atom is -0.466 e. The number of hydrogen-bond donors (Lipinski definition) is 1. The highest BCUT2D eigenvalue weighted by Gasteiger charge is 2.17. The lowest BCUT2D eigenvalue weighted by molar-refractivity contribution is -0.144. The Labute approximate surface area is 92.4 Å². The molecule has 2 N–H and O–H groups in total. The predicted octanol–water partition coefficient (Wildman–Crippen LogP) is 2.24. The van der Waals surface area contributed by atoms with Crippen molar-refractivity contribution in [3.05, 3.63) is 0 Å². The number of carbonyl (C=O) groups is 1. The minimum absolute atomic E-state index is 0.0358. The lowest BCUT2D eigenvalue weighted by atomic mass is 9.83. The molecule has 0 aromatic heterocycles. The largest absolute Gasteiger partial charge is 0.466 e. The first kappa shape index (κ1) is 12.5. The second-order valence-corrected chi connectivity index (χ2v) is 4.41. The maximum absolute atomic E-state index is 11.2. The van der Waals surface area contributed by atoms with E-state index in [0.29, 0.717) is 13.0 Å². The molecule has 0 spiro atoms. The van der Waals surface area contributed by atoms with Crippen LogP contribution < -0.4 is 5.73 Å². The lowest BCUT2D eigenvalue weighted by Gasteiger charge is -2.24. The summed E-state index contributed by atoms with van der Waals surface area (Å²) in [5.41, 5.74) is 5.36. The van der Waals surface area contributed by atoms with E-state index in [9.17, 15) is 4.79 Å². The zero-order valence-corrected chi connectivity index (χ0v) is 9.54. The zero-order chi connectivity index (χ0) is 10.9. The second-order valence-electron chi connectivity index (χ2n) is 4.41. The molecule has 0 amide bonds. The standard InChI is InChI=1S/C12H23NO2/c13-9-3-1-2-7-12(14)15-10-8-11-5-4-6-11/h11H,1-10,13H2. The van der Waals surface area contributed by atoms with Gasteiger partial charge in [0.05, 0.1) is 6.61 Å². The zero-order valence-electron chi connectivity index (χ0n) is 9.54. The molecule has 0 aromatic carbocycles. The van der Waals surface area contributed by atoms with Crippen molar-refractivity contribution in [3.8, 4) is 0 Å². The average Bonchev–Trinajstić information content (AvgIpc) is 2.17. The minimum atomic E-state index is -0.0358. The molecule has 0 heterocycles. The molecular formula is C12H23NO2. The Hall–Kier alpha value is -0.570. The van der Waals surface area contributed by atoms with E-state index >= 15 is 0 Å². The van der Waals surface area contributed by atoms with Crippen LogP contribution in [-0.4, -0.2) is 19.1 Å². The molecule has 3 nitrogen and oxygen atoms in total. The van der Waals surface area contributed by atoms with Crippen LogP contribution in [0.1, 0.15) is 51.4 Å². The van der Waals surface area contributed by atoms with Gasteiger partial charge in [-0.25, -0.2) is 0 Å². The summed E-state index contributed by atoms with van der Waals surface area (Å²) in [6.07, 6.45) is 8.60. The SMILES string of the molecule is NCCCCCC(=O)OCCC1CCC1. The van der Waals surface area contributed by atoms with Gasteiger partial charge in [-0.15, -0.1) is 0 Å². The molecule has 0 bridgehead atoms. The number of hydrogen-bond acceptors (Lipinski definition) is 3. The Morgan fingerprint density at radius 3 is 2.67 bits per heavy atom. The topological polar surface area (TPSA) is 52.3 Å². The van der Waals surface area contributed by atoms with Gasteiger partial charge in [0.2, 0.25) is 0 Å². The Balaban J connectivity index is 1.84. The van der Waals surface area contributed by atoms with E-state index in [0.717, 1.165) is 38.1 Å². The van der Waals surface area contributed by atoms with Gasteiger partial charge in [-0.1, -0.05) is 25.7 Å². The van der Waals surface area contributed by atoms with Gasteiger partial charge < -0.3 is 10.5 Å². The van der Waals surface area contributed by atoms with Crippen LogP contribution in [0.15, 0.2) is 0 Å². The molecule has 88 valence electrons. The van der Waals surface area contributed by atoms with Gasteiger partial charge in [-0.2, -0.15) is 0 Å². The van der Waals surface area contributed by atoms with Gasteiger partial charge in [0.1, 0.15) is 0 Å². The van der Waals surface area contributed by atoms with Crippen molar-refractivity contribution in [2.75, 3.05) is 13.2 Å². The lowest BCUT2D eigenvalue weighted by Crippen LogP contribution is -2.15. The molecule has 1 fully saturated rings. The Morgan fingerprint density at radius 1 is 1.27 bits per heavy atom. The molecule has 1 aliphatic carbocycles. The highest BCUT2D eigenvalue weighted by molar-refractivity contribution is 5.69. The number of unbranched alkanes of at least 4 members (excludes halogenated alkanes) is 2. The fourth-order valence-electron chi connectivity index (χ4n) is 1.78. The van der Waals surface area contributed by atoms with Crippen LogP contribution in [0.5, 0.6) is 0 Å². The summed E-state index contributed by atoms with van der Waals surface area (Å²) in [4.78, 5) is 11.2. The average molecular weight is 213 g/mol. The van der Waals surface area contributed by atoms with Crippen LogP contribution in [-0.2, 0) is 9.53 Å². The summed E-state index contributed by atoms with van der Waals surface area (Å²) >= 11 is 0. The van der Waals surface area contributed by atoms with E-state index in [1.54, 1.807) is 0 Å². The maximum Gasteiger partial charge on any atom is 0.305 e. The molecule has 0 aliphatic heterocycles. The summed E-state index contributed by atoms with van der Waals surface area (Å²) in [6.45, 7) is 1.34. The van der Waals surface area contributed by atoms with Crippen molar-refractivity contribution in [2.24, 2.45) is 11.7 Å². The van der Waals surface area contributed by atoms with E-state index in [1.165, 1.54) is 19.3 Å². The molecule has 1 aliphatic rings. The summed E-state index contributed by atoms with van der Waals surface area (Å²) in [5, 5.41) is 0. The van der Waals surface area contributed by atoms with Crippen molar-refractivity contribution < 1.29 is 9.53 Å². The molecule has 1 saturated carbocycles. The van der Waals surface area contributed by atoms with Crippen molar-refractivity contribution >= 4 is 5.97 Å². The van der Waals surface area contributed by atoms with Crippen LogP contribution in [0.4, 0.5) is 0 Å². The van der Waals surface area contributed by atoms with Crippen molar-refractivity contribution in [1.29, 1.82) is 0 Å². The smallest absolute Gasteiger partial charge is 0.305 e. The molecule has 15 heavy (non-hydrogen) atoms. The van der Waals surface area contributed by atoms with Gasteiger partial charge in [0.25, 0.3) is 0 Å². The fraction of sp³-hybridized carbons (Fsp3) is 0.917. The van der Waals surface area contributed by atoms with E-state index in [4.69, 9.17) is 10.5 Å². The summed E-state index contributed by atoms with van der Waals surface area (Å²) in [6, 6.07) is 0. The summed E-state index contributed by atoms with van der Waals surface area (Å²) in [7, 11) is 0. The molecule has 0 radical (unpaired) electrons. The fourth-order valence-corrected chi connectivity index (χ4v) is 1.78. The Bertz CT molecular complexity index is 178. The maximum atomic E-state index is 11.2. The molecule has 3 heteroatoms. The highest BCUT2D eigenvalue weighted by atomic mass is 16.5. The van der Waals surface area contributed by atoms with E-state index < -0.39 is 0 Å². The van der Waals surface area contributed by atoms with E-state index in [2.05, 4.69) is 0 Å². The van der Waals surface area contributed by atoms with Gasteiger partial charge >= 0.3 is 5.97 Å². The van der Waals surface area contributed by atoms with Crippen LogP contribution in [0, 0.1) is 5.92 Å². The number of rotatable bonds is 8. The second kappa shape index (κ2) is 7.69. The molecule has 0 unspecified atom stereocenters. The first-order valence-electron chi connectivity index (χ1n) is 6.18. The predicted molar refractivity (Wildman–Crippen MR) is 60.4 cm³/mol.